The normalized spacial score (nSPS) is 16.8. The highest BCUT2D eigenvalue weighted by atomic mass is 16.6. The Balaban J connectivity index is 2.13. The molecule has 8 heteroatoms. The number of ether oxygens (including phenoxy) is 4. The maximum absolute atomic E-state index is 13.1. The zero-order valence-corrected chi connectivity index (χ0v) is 20.2. The average molecular weight is 469 g/mol. The number of hydrogen-bond acceptors (Lipinski definition) is 6. The summed E-state index contributed by atoms with van der Waals surface area (Å²) in [5.41, 5.74) is 2.31. The number of carbonyl (C=O) groups excluding carboxylic acids is 2. The number of hydrogen-bond donors (Lipinski definition) is 0. The van der Waals surface area contributed by atoms with E-state index in [-0.39, 0.29) is 25.3 Å². The van der Waals surface area contributed by atoms with E-state index >= 15 is 0 Å². The first-order valence-corrected chi connectivity index (χ1v) is 11.2. The molecule has 0 saturated carbocycles. The van der Waals surface area contributed by atoms with E-state index in [1.165, 1.54) is 13.2 Å². The third-order valence-electron chi connectivity index (χ3n) is 5.75. The Morgan fingerprint density at radius 1 is 1.12 bits per heavy atom. The summed E-state index contributed by atoms with van der Waals surface area (Å²) in [4.78, 5) is 29.4. The van der Waals surface area contributed by atoms with Crippen LogP contribution in [0.15, 0.2) is 55.1 Å². The van der Waals surface area contributed by atoms with E-state index in [0.717, 1.165) is 11.1 Å². The van der Waals surface area contributed by atoms with Crippen LogP contribution in [0.2, 0.25) is 0 Å². The Morgan fingerprint density at radius 3 is 2.41 bits per heavy atom. The van der Waals surface area contributed by atoms with Crippen LogP contribution in [-0.4, -0.2) is 50.6 Å². The van der Waals surface area contributed by atoms with Crippen molar-refractivity contribution in [1.29, 1.82) is 0 Å². The lowest BCUT2D eigenvalue weighted by atomic mass is 9.90. The predicted molar refractivity (Wildman–Crippen MR) is 129 cm³/mol. The van der Waals surface area contributed by atoms with Crippen molar-refractivity contribution in [3.05, 3.63) is 66.2 Å². The van der Waals surface area contributed by atoms with Crippen LogP contribution in [0.3, 0.4) is 0 Å². The van der Waals surface area contributed by atoms with E-state index in [0.29, 0.717) is 30.2 Å². The zero-order valence-electron chi connectivity index (χ0n) is 20.2. The van der Waals surface area contributed by atoms with E-state index in [1.807, 2.05) is 43.3 Å². The van der Waals surface area contributed by atoms with Crippen molar-refractivity contribution in [2.24, 2.45) is 0 Å². The largest absolute Gasteiger partial charge is 0.493 e. The summed E-state index contributed by atoms with van der Waals surface area (Å²) in [6, 6.07) is 12.7. The number of nitrogens with zero attached hydrogens (tertiary/aromatic N) is 2. The lowest BCUT2D eigenvalue weighted by Gasteiger charge is -2.42. The SMILES string of the molecule is C=CCOC(=O)N1c2cc(OC)c(OC)cc2[C@@H](N(Cc2ccccc2)C(=O)OCC)C[C@H]1C. The third-order valence-corrected chi connectivity index (χ3v) is 5.75. The molecule has 0 radical (unpaired) electrons. The van der Waals surface area contributed by atoms with Crippen LogP contribution in [0.4, 0.5) is 15.3 Å². The van der Waals surface area contributed by atoms with Crippen molar-refractivity contribution in [2.45, 2.75) is 38.9 Å². The number of carbonyl (C=O) groups is 2. The number of benzene rings is 2. The van der Waals surface area contributed by atoms with Crippen molar-refractivity contribution >= 4 is 17.9 Å². The second kappa shape index (κ2) is 11.4. The quantitative estimate of drug-likeness (QED) is 0.488. The molecule has 0 aromatic heterocycles. The monoisotopic (exact) mass is 468 g/mol. The van der Waals surface area contributed by atoms with E-state index in [9.17, 15) is 9.59 Å². The Morgan fingerprint density at radius 2 is 1.79 bits per heavy atom. The minimum absolute atomic E-state index is 0.0943. The molecule has 1 heterocycles. The standard InChI is InChI=1S/C26H32N2O6/c1-6-13-34-26(30)28-18(3)14-21(20-15-23(31-4)24(32-5)16-22(20)28)27(25(29)33-7-2)17-19-11-9-8-10-12-19/h6,8-12,15-16,18,21H,1,7,13-14,17H2,2-5H3/t18-,21+/m1/s1. The van der Waals surface area contributed by atoms with Gasteiger partial charge in [-0.2, -0.15) is 0 Å². The molecule has 0 bridgehead atoms. The molecule has 0 aliphatic carbocycles. The van der Waals surface area contributed by atoms with Crippen LogP contribution in [0, 0.1) is 0 Å². The minimum Gasteiger partial charge on any atom is -0.493 e. The van der Waals surface area contributed by atoms with Gasteiger partial charge in [-0.3, -0.25) is 9.80 Å². The zero-order chi connectivity index (χ0) is 24.7. The molecule has 3 rings (SSSR count). The molecule has 2 amide bonds. The molecule has 2 aromatic carbocycles. The topological polar surface area (TPSA) is 77.5 Å². The number of fused-ring (bicyclic) bond motifs is 1. The van der Waals surface area contributed by atoms with Crippen LogP contribution in [0.25, 0.3) is 0 Å². The van der Waals surface area contributed by atoms with Crippen LogP contribution < -0.4 is 14.4 Å². The van der Waals surface area contributed by atoms with Gasteiger partial charge in [-0.15, -0.1) is 0 Å². The van der Waals surface area contributed by atoms with Crippen molar-refractivity contribution in [3.63, 3.8) is 0 Å². The molecule has 34 heavy (non-hydrogen) atoms. The van der Waals surface area contributed by atoms with Gasteiger partial charge in [-0.05, 0) is 31.9 Å². The van der Waals surface area contributed by atoms with Gasteiger partial charge < -0.3 is 18.9 Å². The molecule has 8 nitrogen and oxygen atoms in total. The Hall–Kier alpha value is -3.68. The molecular weight excluding hydrogens is 436 g/mol. The number of methoxy groups -OCH3 is 2. The molecular formula is C26H32N2O6. The van der Waals surface area contributed by atoms with Gasteiger partial charge in [-0.1, -0.05) is 43.0 Å². The fourth-order valence-corrected chi connectivity index (χ4v) is 4.21. The molecule has 2 atom stereocenters. The summed E-state index contributed by atoms with van der Waals surface area (Å²) in [6.07, 6.45) is 1.09. The number of anilines is 1. The summed E-state index contributed by atoms with van der Waals surface area (Å²) >= 11 is 0. The molecule has 1 aliphatic heterocycles. The van der Waals surface area contributed by atoms with E-state index < -0.39 is 12.2 Å². The first-order chi connectivity index (χ1) is 16.4. The van der Waals surface area contributed by atoms with E-state index in [2.05, 4.69) is 6.58 Å². The highest BCUT2D eigenvalue weighted by Gasteiger charge is 2.40. The van der Waals surface area contributed by atoms with Gasteiger partial charge in [0, 0.05) is 24.2 Å². The van der Waals surface area contributed by atoms with Crippen molar-refractivity contribution in [3.8, 4) is 11.5 Å². The summed E-state index contributed by atoms with van der Waals surface area (Å²) in [6.45, 7) is 8.02. The van der Waals surface area contributed by atoms with Crippen molar-refractivity contribution in [2.75, 3.05) is 32.3 Å². The molecule has 1 aliphatic rings. The third kappa shape index (κ3) is 5.27. The van der Waals surface area contributed by atoms with Crippen molar-refractivity contribution < 1.29 is 28.5 Å². The fourth-order valence-electron chi connectivity index (χ4n) is 4.21. The Bertz CT molecular complexity index is 1010. The summed E-state index contributed by atoms with van der Waals surface area (Å²) in [7, 11) is 3.09. The van der Waals surface area contributed by atoms with Gasteiger partial charge in [0.25, 0.3) is 0 Å². The van der Waals surface area contributed by atoms with Crippen LogP contribution in [-0.2, 0) is 16.0 Å². The fraction of sp³-hybridized carbons (Fsp3) is 0.385. The van der Waals surface area contributed by atoms with E-state index in [1.54, 1.807) is 29.9 Å². The first-order valence-electron chi connectivity index (χ1n) is 11.2. The maximum atomic E-state index is 13.1. The maximum Gasteiger partial charge on any atom is 0.414 e. The first kappa shape index (κ1) is 25.0. The molecule has 0 spiro atoms. The molecule has 0 unspecified atom stereocenters. The minimum atomic E-state index is -0.495. The van der Waals surface area contributed by atoms with Gasteiger partial charge in [0.05, 0.1) is 32.6 Å². The molecule has 0 N–H and O–H groups in total. The highest BCUT2D eigenvalue weighted by molar-refractivity contribution is 5.91. The van der Waals surface area contributed by atoms with Crippen LogP contribution >= 0.6 is 0 Å². The highest BCUT2D eigenvalue weighted by Crippen LogP contribution is 2.46. The summed E-state index contributed by atoms with van der Waals surface area (Å²) in [5, 5.41) is 0. The van der Waals surface area contributed by atoms with Crippen molar-refractivity contribution in [1.82, 2.24) is 4.90 Å². The van der Waals surface area contributed by atoms with Gasteiger partial charge in [0.15, 0.2) is 11.5 Å². The molecule has 2 aromatic rings. The molecule has 0 fully saturated rings. The predicted octanol–water partition coefficient (Wildman–Crippen LogP) is 5.32. The number of rotatable bonds is 8. The van der Waals surface area contributed by atoms with Gasteiger partial charge in [-0.25, -0.2) is 9.59 Å². The summed E-state index contributed by atoms with van der Waals surface area (Å²) in [5.74, 6) is 0.977. The molecule has 0 saturated heterocycles. The van der Waals surface area contributed by atoms with Crippen LogP contribution in [0.5, 0.6) is 11.5 Å². The van der Waals surface area contributed by atoms with E-state index in [4.69, 9.17) is 18.9 Å². The van der Waals surface area contributed by atoms with Gasteiger partial charge >= 0.3 is 12.2 Å². The van der Waals surface area contributed by atoms with Crippen LogP contribution in [0.1, 0.15) is 37.4 Å². The Kier molecular flexibility index (Phi) is 8.40. The average Bonchev–Trinajstić information content (AvgIpc) is 2.85. The Labute approximate surface area is 200 Å². The second-order valence-electron chi connectivity index (χ2n) is 7.91. The lowest BCUT2D eigenvalue weighted by Crippen LogP contribution is -2.47. The van der Waals surface area contributed by atoms with Gasteiger partial charge in [0.2, 0.25) is 0 Å². The lowest BCUT2D eigenvalue weighted by molar-refractivity contribution is 0.0809. The summed E-state index contributed by atoms with van der Waals surface area (Å²) < 4.78 is 21.8. The number of amides is 2. The second-order valence-corrected chi connectivity index (χ2v) is 7.91. The molecule has 182 valence electrons. The van der Waals surface area contributed by atoms with Gasteiger partial charge in [0.1, 0.15) is 6.61 Å². The smallest absolute Gasteiger partial charge is 0.414 e.